The van der Waals surface area contributed by atoms with Crippen molar-refractivity contribution in [1.29, 1.82) is 0 Å². The predicted octanol–water partition coefficient (Wildman–Crippen LogP) is 2.94. The quantitative estimate of drug-likeness (QED) is 0.641. The van der Waals surface area contributed by atoms with Crippen LogP contribution >= 0.6 is 11.3 Å². The van der Waals surface area contributed by atoms with Crippen LogP contribution in [0, 0.1) is 5.92 Å². The van der Waals surface area contributed by atoms with E-state index in [9.17, 15) is 9.90 Å². The molecule has 4 rings (SSSR count). The summed E-state index contributed by atoms with van der Waals surface area (Å²) in [4.78, 5) is 17.3. The van der Waals surface area contributed by atoms with Crippen LogP contribution in [0.3, 0.4) is 0 Å². The fourth-order valence-corrected chi connectivity index (χ4v) is 4.00. The number of imidazole rings is 1. The molecule has 0 spiro atoms. The molecule has 1 aliphatic carbocycles. The number of nitrogens with one attached hydrogen (secondary N) is 1. The third kappa shape index (κ3) is 3.81. The van der Waals surface area contributed by atoms with Crippen LogP contribution in [0.15, 0.2) is 41.1 Å². The first-order valence-corrected chi connectivity index (χ1v) is 10.0. The number of carbonyl (C=O) groups excluding carboxylic acids is 1. The average Bonchev–Trinajstić information content (AvgIpc) is 3.25. The number of hydrogen-bond acceptors (Lipinski definition) is 4. The number of benzene rings is 1. The van der Waals surface area contributed by atoms with Gasteiger partial charge >= 0.3 is 0 Å². The average molecular weight is 369 g/mol. The number of rotatable bonds is 8. The van der Waals surface area contributed by atoms with Crippen LogP contribution in [0.5, 0.6) is 0 Å². The number of aliphatic hydroxyl groups excluding tert-OH is 1. The number of nitrogens with zero attached hydrogens (tertiary/aromatic N) is 2. The monoisotopic (exact) mass is 369 g/mol. The topological polar surface area (TPSA) is 67.2 Å². The molecule has 5 nitrogen and oxygen atoms in total. The summed E-state index contributed by atoms with van der Waals surface area (Å²) in [6.45, 7) is 0.830. The van der Waals surface area contributed by atoms with Crippen molar-refractivity contribution >= 4 is 28.3 Å². The molecule has 0 aliphatic heterocycles. The lowest BCUT2D eigenvalue weighted by Crippen LogP contribution is -2.34. The van der Waals surface area contributed by atoms with E-state index >= 15 is 0 Å². The Hall–Kier alpha value is -2.18. The molecule has 1 atom stereocenters. The predicted molar refractivity (Wildman–Crippen MR) is 103 cm³/mol. The Kier molecular flexibility index (Phi) is 5.04. The Morgan fingerprint density at radius 1 is 1.35 bits per heavy atom. The molecule has 0 saturated heterocycles. The van der Waals surface area contributed by atoms with Crippen molar-refractivity contribution in [3.63, 3.8) is 0 Å². The second kappa shape index (κ2) is 7.60. The van der Waals surface area contributed by atoms with Crippen LogP contribution in [0.25, 0.3) is 11.0 Å². The van der Waals surface area contributed by atoms with E-state index in [0.717, 1.165) is 36.1 Å². The Morgan fingerprint density at radius 2 is 2.19 bits per heavy atom. The molecule has 1 aromatic carbocycles. The molecule has 136 valence electrons. The van der Waals surface area contributed by atoms with E-state index < -0.39 is 0 Å². The number of carbonyl (C=O) groups is 1. The van der Waals surface area contributed by atoms with E-state index in [2.05, 4.69) is 21.3 Å². The van der Waals surface area contributed by atoms with Gasteiger partial charge in [0.1, 0.15) is 12.4 Å². The zero-order valence-corrected chi connectivity index (χ0v) is 15.4. The number of aliphatic hydroxyl groups is 1. The third-order valence-electron chi connectivity index (χ3n) is 4.88. The van der Waals surface area contributed by atoms with Gasteiger partial charge in [-0.1, -0.05) is 12.1 Å². The first-order valence-electron chi connectivity index (χ1n) is 9.08. The van der Waals surface area contributed by atoms with Gasteiger partial charge in [0.05, 0.1) is 11.0 Å². The van der Waals surface area contributed by atoms with E-state index in [1.54, 1.807) is 11.3 Å². The maximum atomic E-state index is 12.5. The van der Waals surface area contributed by atoms with Gasteiger partial charge in [-0.05, 0) is 53.8 Å². The molecule has 1 fully saturated rings. The molecule has 2 heterocycles. The van der Waals surface area contributed by atoms with Crippen LogP contribution in [0.2, 0.25) is 0 Å². The molecule has 1 aliphatic rings. The van der Waals surface area contributed by atoms with Crippen LogP contribution in [0.1, 0.15) is 30.1 Å². The number of hydrogen-bond donors (Lipinski definition) is 2. The molecule has 1 amide bonds. The third-order valence-corrected chi connectivity index (χ3v) is 5.61. The standard InChI is InChI=1S/C20H23N3O2S/c24-12-15(9-14-7-8-26-13-14)10-21-19(25)11-23-18-4-2-1-3-17(18)22-20(23)16-5-6-16/h1-4,7-8,13,15-16,24H,5-6,9-12H2,(H,21,25)/t15-/m1/s1. The molecule has 3 aromatic rings. The number of para-hydroxylation sites is 2. The van der Waals surface area contributed by atoms with Gasteiger partial charge in [0, 0.05) is 25.0 Å². The van der Waals surface area contributed by atoms with Gasteiger partial charge in [-0.3, -0.25) is 4.79 Å². The zero-order chi connectivity index (χ0) is 17.9. The van der Waals surface area contributed by atoms with Gasteiger partial charge in [0.2, 0.25) is 5.91 Å². The Balaban J connectivity index is 1.41. The van der Waals surface area contributed by atoms with Crippen molar-refractivity contribution in [3.05, 3.63) is 52.5 Å². The van der Waals surface area contributed by atoms with Gasteiger partial charge in [-0.15, -0.1) is 0 Å². The number of aromatic nitrogens is 2. The van der Waals surface area contributed by atoms with E-state index in [-0.39, 0.29) is 25.0 Å². The Labute approximate surface area is 156 Å². The highest BCUT2D eigenvalue weighted by Gasteiger charge is 2.30. The van der Waals surface area contributed by atoms with Gasteiger partial charge in [-0.2, -0.15) is 11.3 Å². The summed E-state index contributed by atoms with van der Waals surface area (Å²) in [7, 11) is 0. The van der Waals surface area contributed by atoms with Crippen molar-refractivity contribution in [2.24, 2.45) is 5.92 Å². The number of fused-ring (bicyclic) bond motifs is 1. The molecular formula is C20H23N3O2S. The highest BCUT2D eigenvalue weighted by atomic mass is 32.1. The summed E-state index contributed by atoms with van der Waals surface area (Å²) in [5.41, 5.74) is 3.18. The lowest BCUT2D eigenvalue weighted by atomic mass is 10.0. The van der Waals surface area contributed by atoms with Crippen LogP contribution in [-0.4, -0.2) is 33.7 Å². The highest BCUT2D eigenvalue weighted by Crippen LogP contribution is 2.40. The lowest BCUT2D eigenvalue weighted by molar-refractivity contribution is -0.121. The fourth-order valence-electron chi connectivity index (χ4n) is 3.31. The minimum Gasteiger partial charge on any atom is -0.396 e. The first kappa shape index (κ1) is 17.2. The minimum absolute atomic E-state index is 0.0289. The molecule has 0 radical (unpaired) electrons. The lowest BCUT2D eigenvalue weighted by Gasteiger charge is -2.15. The van der Waals surface area contributed by atoms with Crippen LogP contribution < -0.4 is 5.32 Å². The SMILES string of the molecule is O=C(Cn1c(C2CC2)nc2ccccc21)NC[C@H](CO)Cc1ccsc1. The van der Waals surface area contributed by atoms with Gasteiger partial charge < -0.3 is 15.0 Å². The van der Waals surface area contributed by atoms with Crippen molar-refractivity contribution in [3.8, 4) is 0 Å². The second-order valence-electron chi connectivity index (χ2n) is 7.01. The van der Waals surface area contributed by atoms with Crippen molar-refractivity contribution in [2.45, 2.75) is 31.7 Å². The van der Waals surface area contributed by atoms with Crippen LogP contribution in [0.4, 0.5) is 0 Å². The summed E-state index contributed by atoms with van der Waals surface area (Å²) >= 11 is 1.65. The largest absolute Gasteiger partial charge is 0.396 e. The van der Waals surface area contributed by atoms with Crippen molar-refractivity contribution in [1.82, 2.24) is 14.9 Å². The second-order valence-corrected chi connectivity index (χ2v) is 7.79. The van der Waals surface area contributed by atoms with E-state index in [4.69, 9.17) is 4.98 Å². The maximum absolute atomic E-state index is 12.5. The Morgan fingerprint density at radius 3 is 2.92 bits per heavy atom. The van der Waals surface area contributed by atoms with Gasteiger partial charge in [-0.25, -0.2) is 4.98 Å². The summed E-state index contributed by atoms with van der Waals surface area (Å²) in [6.07, 6.45) is 3.08. The fraction of sp³-hybridized carbons (Fsp3) is 0.400. The summed E-state index contributed by atoms with van der Waals surface area (Å²) in [5, 5.41) is 16.7. The summed E-state index contributed by atoms with van der Waals surface area (Å²) < 4.78 is 2.05. The minimum atomic E-state index is -0.0289. The molecule has 26 heavy (non-hydrogen) atoms. The van der Waals surface area contributed by atoms with Crippen molar-refractivity contribution in [2.75, 3.05) is 13.2 Å². The molecule has 0 bridgehead atoms. The number of amides is 1. The summed E-state index contributed by atoms with van der Waals surface area (Å²) in [6, 6.07) is 10.0. The van der Waals surface area contributed by atoms with E-state index in [1.165, 1.54) is 5.56 Å². The molecule has 2 aromatic heterocycles. The van der Waals surface area contributed by atoms with Crippen LogP contribution in [-0.2, 0) is 17.8 Å². The maximum Gasteiger partial charge on any atom is 0.240 e. The normalized spacial score (nSPS) is 15.3. The molecule has 6 heteroatoms. The molecular weight excluding hydrogens is 346 g/mol. The van der Waals surface area contributed by atoms with E-state index in [0.29, 0.717) is 12.5 Å². The summed E-state index contributed by atoms with van der Waals surface area (Å²) in [5.74, 6) is 1.52. The van der Waals surface area contributed by atoms with Gasteiger partial charge in [0.25, 0.3) is 0 Å². The zero-order valence-electron chi connectivity index (χ0n) is 14.6. The highest BCUT2D eigenvalue weighted by molar-refractivity contribution is 7.07. The molecule has 2 N–H and O–H groups in total. The van der Waals surface area contributed by atoms with Crippen molar-refractivity contribution < 1.29 is 9.90 Å². The molecule has 0 unspecified atom stereocenters. The Bertz CT molecular complexity index is 884. The smallest absolute Gasteiger partial charge is 0.240 e. The molecule has 1 saturated carbocycles. The van der Waals surface area contributed by atoms with E-state index in [1.807, 2.05) is 29.6 Å². The first-order chi connectivity index (χ1) is 12.7. The number of thiophene rings is 1. The van der Waals surface area contributed by atoms with Gasteiger partial charge in [0.15, 0.2) is 0 Å².